The highest BCUT2D eigenvalue weighted by Crippen LogP contribution is 2.35. The lowest BCUT2D eigenvalue weighted by Crippen LogP contribution is -2.48. The summed E-state index contributed by atoms with van der Waals surface area (Å²) in [6, 6.07) is 5.77. The van der Waals surface area contributed by atoms with Crippen LogP contribution in [0, 0.1) is 0 Å². The van der Waals surface area contributed by atoms with Crippen molar-refractivity contribution in [3.63, 3.8) is 0 Å². The van der Waals surface area contributed by atoms with Crippen LogP contribution in [0.1, 0.15) is 19.4 Å². The summed E-state index contributed by atoms with van der Waals surface area (Å²) in [7, 11) is 0. The quantitative estimate of drug-likeness (QED) is 0.835. The Hall–Kier alpha value is -1.59. The molecule has 1 aliphatic rings. The maximum absolute atomic E-state index is 12.2. The van der Waals surface area contributed by atoms with E-state index >= 15 is 0 Å². The zero-order chi connectivity index (χ0) is 14.0. The van der Waals surface area contributed by atoms with Crippen molar-refractivity contribution in [3.05, 3.63) is 23.8 Å². The number of amides is 1. The van der Waals surface area contributed by atoms with E-state index in [1.165, 1.54) is 0 Å². The minimum Gasteiger partial charge on any atom is -0.479 e. The molecular weight excluding hydrogens is 242 g/mol. The van der Waals surface area contributed by atoms with Gasteiger partial charge in [0.2, 0.25) is 0 Å². The van der Waals surface area contributed by atoms with Gasteiger partial charge in [-0.15, -0.1) is 0 Å². The molecule has 0 fully saturated rings. The van der Waals surface area contributed by atoms with Gasteiger partial charge in [-0.25, -0.2) is 0 Å². The molecule has 0 bridgehead atoms. The Balaban J connectivity index is 2.38. The summed E-state index contributed by atoms with van der Waals surface area (Å²) in [5.74, 6) is 0.684. The van der Waals surface area contributed by atoms with E-state index in [1.54, 1.807) is 11.8 Å². The van der Waals surface area contributed by atoms with Crippen molar-refractivity contribution in [3.8, 4) is 5.75 Å². The number of hydrogen-bond acceptors (Lipinski definition) is 4. The number of ether oxygens (including phenoxy) is 1. The maximum Gasteiger partial charge on any atom is 0.267 e. The first-order valence-corrected chi connectivity index (χ1v) is 6.59. The van der Waals surface area contributed by atoms with Crippen molar-refractivity contribution in [2.24, 2.45) is 11.5 Å². The van der Waals surface area contributed by atoms with Gasteiger partial charge in [-0.1, -0.05) is 6.07 Å². The van der Waals surface area contributed by atoms with Crippen LogP contribution in [-0.2, 0) is 11.2 Å². The molecule has 2 unspecified atom stereocenters. The van der Waals surface area contributed by atoms with Gasteiger partial charge in [-0.3, -0.25) is 4.79 Å². The normalized spacial score (nSPS) is 19.9. The summed E-state index contributed by atoms with van der Waals surface area (Å²) >= 11 is 0. The zero-order valence-electron chi connectivity index (χ0n) is 11.4. The van der Waals surface area contributed by atoms with Gasteiger partial charge >= 0.3 is 0 Å². The lowest BCUT2D eigenvalue weighted by atomic mass is 10.1. The summed E-state index contributed by atoms with van der Waals surface area (Å²) in [6.45, 7) is 4.72. The molecule has 0 aliphatic carbocycles. The third-order valence-electron chi connectivity index (χ3n) is 3.14. The Morgan fingerprint density at radius 3 is 2.84 bits per heavy atom. The van der Waals surface area contributed by atoms with Gasteiger partial charge in [0, 0.05) is 12.6 Å². The number of rotatable bonds is 4. The Labute approximate surface area is 113 Å². The van der Waals surface area contributed by atoms with Crippen LogP contribution in [0.4, 0.5) is 5.69 Å². The van der Waals surface area contributed by atoms with Crippen molar-refractivity contribution in [1.82, 2.24) is 0 Å². The molecule has 5 nitrogen and oxygen atoms in total. The Bertz CT molecular complexity index is 474. The molecule has 1 amide bonds. The van der Waals surface area contributed by atoms with Crippen LogP contribution in [0.15, 0.2) is 18.2 Å². The van der Waals surface area contributed by atoms with Crippen molar-refractivity contribution in [1.29, 1.82) is 0 Å². The number of carbonyl (C=O) groups is 1. The van der Waals surface area contributed by atoms with Gasteiger partial charge < -0.3 is 21.1 Å². The zero-order valence-corrected chi connectivity index (χ0v) is 11.4. The fourth-order valence-electron chi connectivity index (χ4n) is 2.25. The molecule has 0 radical (unpaired) electrons. The Morgan fingerprint density at radius 2 is 2.21 bits per heavy atom. The van der Waals surface area contributed by atoms with Crippen molar-refractivity contribution in [2.45, 2.75) is 32.4 Å². The number of fused-ring (bicyclic) bond motifs is 1. The molecule has 0 saturated heterocycles. The lowest BCUT2D eigenvalue weighted by molar-refractivity contribution is -0.125. The predicted molar refractivity (Wildman–Crippen MR) is 75.3 cm³/mol. The van der Waals surface area contributed by atoms with Crippen molar-refractivity contribution in [2.75, 3.05) is 18.0 Å². The van der Waals surface area contributed by atoms with Gasteiger partial charge in [0.15, 0.2) is 6.10 Å². The van der Waals surface area contributed by atoms with Crippen molar-refractivity contribution >= 4 is 11.6 Å². The highest BCUT2D eigenvalue weighted by Gasteiger charge is 2.31. The second kappa shape index (κ2) is 5.59. The van der Waals surface area contributed by atoms with Gasteiger partial charge in [0.25, 0.3) is 5.91 Å². The lowest BCUT2D eigenvalue weighted by Gasteiger charge is -2.34. The number of hydrogen-bond donors (Lipinski definition) is 2. The van der Waals surface area contributed by atoms with Crippen LogP contribution in [0.3, 0.4) is 0 Å². The largest absolute Gasteiger partial charge is 0.479 e. The molecule has 4 N–H and O–H groups in total. The fourth-order valence-corrected chi connectivity index (χ4v) is 2.25. The summed E-state index contributed by atoms with van der Waals surface area (Å²) in [4.78, 5) is 13.9. The maximum atomic E-state index is 12.2. The second-order valence-electron chi connectivity index (χ2n) is 5.03. The first-order valence-electron chi connectivity index (χ1n) is 6.59. The average molecular weight is 263 g/mol. The first kappa shape index (κ1) is 13.8. The van der Waals surface area contributed by atoms with E-state index in [-0.39, 0.29) is 11.9 Å². The van der Waals surface area contributed by atoms with E-state index in [0.29, 0.717) is 13.1 Å². The van der Waals surface area contributed by atoms with E-state index < -0.39 is 6.10 Å². The molecule has 0 saturated carbocycles. The van der Waals surface area contributed by atoms with Crippen LogP contribution in [0.5, 0.6) is 5.75 Å². The van der Waals surface area contributed by atoms with Gasteiger partial charge in [0.05, 0.1) is 5.69 Å². The molecule has 2 atom stereocenters. The molecule has 1 heterocycles. The number of benzene rings is 1. The molecule has 2 rings (SSSR count). The standard InChI is InChI=1S/C14H21N3O2/c1-9(16)8-17-12-7-11(5-6-15)3-4-13(12)19-10(2)14(17)18/h3-4,7,9-10H,5-6,8,15-16H2,1-2H3. The first-order chi connectivity index (χ1) is 9.02. The number of anilines is 1. The van der Waals surface area contributed by atoms with Crippen LogP contribution in [0.2, 0.25) is 0 Å². The summed E-state index contributed by atoms with van der Waals surface area (Å²) in [5.41, 5.74) is 13.3. The topological polar surface area (TPSA) is 81.6 Å². The monoisotopic (exact) mass is 263 g/mol. The molecule has 0 aromatic heterocycles. The summed E-state index contributed by atoms with van der Waals surface area (Å²) in [6.07, 6.45) is 0.315. The molecule has 1 aromatic carbocycles. The SMILES string of the molecule is CC(N)CN1C(=O)C(C)Oc2ccc(CCN)cc21. The molecule has 1 aliphatic heterocycles. The van der Waals surface area contributed by atoms with E-state index in [0.717, 1.165) is 23.4 Å². The van der Waals surface area contributed by atoms with E-state index in [1.807, 2.05) is 25.1 Å². The Morgan fingerprint density at radius 1 is 1.47 bits per heavy atom. The number of carbonyl (C=O) groups excluding carboxylic acids is 1. The summed E-state index contributed by atoms with van der Waals surface area (Å²) < 4.78 is 5.63. The average Bonchev–Trinajstić information content (AvgIpc) is 2.36. The molecular formula is C14H21N3O2. The van der Waals surface area contributed by atoms with E-state index in [2.05, 4.69) is 0 Å². The molecule has 19 heavy (non-hydrogen) atoms. The highest BCUT2D eigenvalue weighted by molar-refractivity contribution is 6.00. The summed E-state index contributed by atoms with van der Waals surface area (Å²) in [5, 5.41) is 0. The molecule has 1 aromatic rings. The Kier molecular flexibility index (Phi) is 4.07. The van der Waals surface area contributed by atoms with Gasteiger partial charge in [-0.2, -0.15) is 0 Å². The fraction of sp³-hybridized carbons (Fsp3) is 0.500. The third-order valence-corrected chi connectivity index (χ3v) is 3.14. The van der Waals surface area contributed by atoms with Crippen LogP contribution < -0.4 is 21.1 Å². The van der Waals surface area contributed by atoms with Crippen LogP contribution >= 0.6 is 0 Å². The van der Waals surface area contributed by atoms with Crippen LogP contribution in [-0.4, -0.2) is 31.1 Å². The molecule has 5 heteroatoms. The predicted octanol–water partition coefficient (Wildman–Crippen LogP) is 0.649. The van der Waals surface area contributed by atoms with Crippen molar-refractivity contribution < 1.29 is 9.53 Å². The van der Waals surface area contributed by atoms with E-state index in [4.69, 9.17) is 16.2 Å². The molecule has 104 valence electrons. The molecule has 0 spiro atoms. The minimum absolute atomic E-state index is 0.0466. The smallest absolute Gasteiger partial charge is 0.267 e. The third kappa shape index (κ3) is 2.88. The van der Waals surface area contributed by atoms with Crippen LogP contribution in [0.25, 0.3) is 0 Å². The number of nitrogens with zero attached hydrogens (tertiary/aromatic N) is 1. The van der Waals surface area contributed by atoms with E-state index in [9.17, 15) is 4.79 Å². The van der Waals surface area contributed by atoms with Gasteiger partial charge in [0.1, 0.15) is 5.75 Å². The number of nitrogens with two attached hydrogens (primary N) is 2. The highest BCUT2D eigenvalue weighted by atomic mass is 16.5. The minimum atomic E-state index is -0.466. The second-order valence-corrected chi connectivity index (χ2v) is 5.03. The van der Waals surface area contributed by atoms with Gasteiger partial charge in [-0.05, 0) is 44.5 Å².